The van der Waals surface area contributed by atoms with E-state index in [0.29, 0.717) is 12.4 Å². The van der Waals surface area contributed by atoms with Crippen molar-refractivity contribution >= 4 is 16.8 Å². The Kier molecular flexibility index (Phi) is 4.43. The van der Waals surface area contributed by atoms with Crippen molar-refractivity contribution in [2.24, 2.45) is 0 Å². The van der Waals surface area contributed by atoms with E-state index in [1.54, 1.807) is 31.2 Å². The molecule has 1 atom stereocenters. The second kappa shape index (κ2) is 5.61. The van der Waals surface area contributed by atoms with Crippen LogP contribution >= 0.6 is 11.6 Å². The zero-order chi connectivity index (χ0) is 11.3. The Hall–Kier alpha value is -1.22. The lowest BCUT2D eigenvalue weighted by molar-refractivity contribution is -0.117. The summed E-state index contributed by atoms with van der Waals surface area (Å²) in [5.41, 5.74) is 0. The van der Waals surface area contributed by atoms with Crippen LogP contribution in [0.1, 0.15) is 13.8 Å². The summed E-state index contributed by atoms with van der Waals surface area (Å²) in [6.45, 7) is 4.14. The topological polar surface area (TPSA) is 35.5 Å². The predicted octanol–water partition coefficient (Wildman–Crippen LogP) is 2.62. The van der Waals surface area contributed by atoms with Crippen molar-refractivity contribution in [1.29, 1.82) is 0 Å². The number of ether oxygens (including phenoxy) is 2. The molecule has 0 amide bonds. The first-order chi connectivity index (χ1) is 7.13. The zero-order valence-electron chi connectivity index (χ0n) is 8.70. The van der Waals surface area contributed by atoms with Crippen LogP contribution in [0.3, 0.4) is 0 Å². The maximum Gasteiger partial charge on any atom is 0.262 e. The minimum atomic E-state index is -0.635. The fraction of sp³-hybridized carbons (Fsp3) is 0.364. The summed E-state index contributed by atoms with van der Waals surface area (Å²) in [6, 6.07) is 7.04. The van der Waals surface area contributed by atoms with Crippen LogP contribution in [0, 0.1) is 0 Å². The molecule has 4 heteroatoms. The smallest absolute Gasteiger partial charge is 0.262 e. The van der Waals surface area contributed by atoms with Crippen molar-refractivity contribution in [3.8, 4) is 11.5 Å². The van der Waals surface area contributed by atoms with Gasteiger partial charge in [0.2, 0.25) is 0 Å². The Morgan fingerprint density at radius 2 is 1.87 bits per heavy atom. The summed E-state index contributed by atoms with van der Waals surface area (Å²) < 4.78 is 10.5. The average molecular weight is 229 g/mol. The largest absolute Gasteiger partial charge is 0.494 e. The molecule has 0 aromatic heterocycles. The molecule has 0 spiro atoms. The highest BCUT2D eigenvalue weighted by Crippen LogP contribution is 2.18. The molecule has 0 aliphatic rings. The van der Waals surface area contributed by atoms with Crippen LogP contribution in [0.15, 0.2) is 24.3 Å². The highest BCUT2D eigenvalue weighted by molar-refractivity contribution is 6.64. The lowest BCUT2D eigenvalue weighted by Crippen LogP contribution is -2.18. The van der Waals surface area contributed by atoms with Crippen molar-refractivity contribution in [3.63, 3.8) is 0 Å². The number of carbonyl (C=O) groups is 1. The van der Waals surface area contributed by atoms with E-state index in [2.05, 4.69) is 0 Å². The van der Waals surface area contributed by atoms with Crippen molar-refractivity contribution in [2.45, 2.75) is 20.0 Å². The minimum Gasteiger partial charge on any atom is -0.494 e. The third-order valence-electron chi connectivity index (χ3n) is 1.77. The number of carbonyl (C=O) groups excluding carboxylic acids is 1. The van der Waals surface area contributed by atoms with Crippen molar-refractivity contribution in [1.82, 2.24) is 0 Å². The Labute approximate surface area is 93.9 Å². The van der Waals surface area contributed by atoms with Gasteiger partial charge in [-0.15, -0.1) is 0 Å². The van der Waals surface area contributed by atoms with Crippen LogP contribution in [0.25, 0.3) is 0 Å². The molecule has 1 aromatic rings. The average Bonchev–Trinajstić information content (AvgIpc) is 2.21. The number of hydrogen-bond donors (Lipinski definition) is 0. The van der Waals surface area contributed by atoms with Crippen LogP contribution in [-0.2, 0) is 4.79 Å². The van der Waals surface area contributed by atoms with E-state index in [1.165, 1.54) is 0 Å². The van der Waals surface area contributed by atoms with Crippen LogP contribution in [0.5, 0.6) is 11.5 Å². The minimum absolute atomic E-state index is 0.510. The van der Waals surface area contributed by atoms with Gasteiger partial charge in [0.05, 0.1) is 6.61 Å². The second-order valence-corrected chi connectivity index (χ2v) is 3.34. The Balaban J connectivity index is 2.60. The third kappa shape index (κ3) is 3.80. The molecule has 0 aliphatic carbocycles. The van der Waals surface area contributed by atoms with Crippen molar-refractivity contribution < 1.29 is 14.3 Å². The number of halogens is 1. The maximum absolute atomic E-state index is 10.7. The Morgan fingerprint density at radius 3 is 2.33 bits per heavy atom. The van der Waals surface area contributed by atoms with E-state index in [4.69, 9.17) is 21.1 Å². The first kappa shape index (κ1) is 11.9. The third-order valence-corrected chi connectivity index (χ3v) is 2.07. The molecule has 82 valence electrons. The van der Waals surface area contributed by atoms with Crippen molar-refractivity contribution in [2.75, 3.05) is 6.61 Å². The van der Waals surface area contributed by atoms with E-state index in [0.717, 1.165) is 5.75 Å². The fourth-order valence-electron chi connectivity index (χ4n) is 1.03. The lowest BCUT2D eigenvalue weighted by atomic mass is 10.3. The summed E-state index contributed by atoms with van der Waals surface area (Å²) in [5, 5.41) is -0.510. The zero-order valence-corrected chi connectivity index (χ0v) is 9.45. The van der Waals surface area contributed by atoms with Gasteiger partial charge in [0.25, 0.3) is 5.24 Å². The van der Waals surface area contributed by atoms with Gasteiger partial charge >= 0.3 is 0 Å². The quantitative estimate of drug-likeness (QED) is 0.727. The van der Waals surface area contributed by atoms with Gasteiger partial charge in [-0.2, -0.15) is 0 Å². The van der Waals surface area contributed by atoms with Gasteiger partial charge in [-0.3, -0.25) is 4.79 Å². The highest BCUT2D eigenvalue weighted by Gasteiger charge is 2.10. The molecule has 1 aromatic carbocycles. The molecule has 0 saturated carbocycles. The van der Waals surface area contributed by atoms with Gasteiger partial charge in [0, 0.05) is 0 Å². The first-order valence-corrected chi connectivity index (χ1v) is 5.10. The van der Waals surface area contributed by atoms with Gasteiger partial charge in [-0.05, 0) is 49.7 Å². The van der Waals surface area contributed by atoms with Crippen LogP contribution < -0.4 is 9.47 Å². The predicted molar refractivity (Wildman–Crippen MR) is 58.6 cm³/mol. The maximum atomic E-state index is 10.7. The van der Waals surface area contributed by atoms with Crippen LogP contribution in [0.2, 0.25) is 0 Å². The Bertz CT molecular complexity index is 321. The molecule has 0 radical (unpaired) electrons. The van der Waals surface area contributed by atoms with E-state index in [9.17, 15) is 4.79 Å². The molecule has 0 saturated heterocycles. The molecule has 0 heterocycles. The molecule has 0 fully saturated rings. The SMILES string of the molecule is CCOc1ccc(OC(C)C(=O)Cl)cc1. The van der Waals surface area contributed by atoms with Gasteiger partial charge in [-0.25, -0.2) is 0 Å². The molecule has 3 nitrogen and oxygen atoms in total. The number of benzene rings is 1. The summed E-state index contributed by atoms with van der Waals surface area (Å²) in [5.74, 6) is 1.37. The summed E-state index contributed by atoms with van der Waals surface area (Å²) in [4.78, 5) is 10.7. The van der Waals surface area contributed by atoms with Crippen LogP contribution in [0.4, 0.5) is 0 Å². The first-order valence-electron chi connectivity index (χ1n) is 4.72. The van der Waals surface area contributed by atoms with Gasteiger partial charge in [-0.1, -0.05) is 0 Å². The van der Waals surface area contributed by atoms with E-state index >= 15 is 0 Å². The number of rotatable bonds is 5. The summed E-state index contributed by atoms with van der Waals surface area (Å²) >= 11 is 5.27. The molecule has 0 N–H and O–H groups in total. The molecular weight excluding hydrogens is 216 g/mol. The molecule has 15 heavy (non-hydrogen) atoms. The molecule has 0 aliphatic heterocycles. The Morgan fingerprint density at radius 1 is 1.33 bits per heavy atom. The molecule has 0 bridgehead atoms. The van der Waals surface area contributed by atoms with E-state index in [-0.39, 0.29) is 0 Å². The normalized spacial score (nSPS) is 11.9. The molecular formula is C11H13ClO3. The van der Waals surface area contributed by atoms with E-state index in [1.807, 2.05) is 6.92 Å². The number of hydrogen-bond acceptors (Lipinski definition) is 3. The van der Waals surface area contributed by atoms with Crippen molar-refractivity contribution in [3.05, 3.63) is 24.3 Å². The van der Waals surface area contributed by atoms with Gasteiger partial charge in [0.1, 0.15) is 11.5 Å². The van der Waals surface area contributed by atoms with Gasteiger partial charge in [0.15, 0.2) is 6.10 Å². The van der Waals surface area contributed by atoms with E-state index < -0.39 is 11.3 Å². The molecule has 1 unspecified atom stereocenters. The van der Waals surface area contributed by atoms with Crippen LogP contribution in [-0.4, -0.2) is 18.0 Å². The monoisotopic (exact) mass is 228 g/mol. The summed E-state index contributed by atoms with van der Waals surface area (Å²) in [6.07, 6.45) is -0.635. The summed E-state index contributed by atoms with van der Waals surface area (Å²) in [7, 11) is 0. The fourth-order valence-corrected chi connectivity index (χ4v) is 1.08. The molecule has 1 rings (SSSR count). The highest BCUT2D eigenvalue weighted by atomic mass is 35.5. The van der Waals surface area contributed by atoms with Gasteiger partial charge < -0.3 is 9.47 Å². The standard InChI is InChI=1S/C11H13ClO3/c1-3-14-9-4-6-10(7-5-9)15-8(2)11(12)13/h4-8H,3H2,1-2H3. The second-order valence-electron chi connectivity index (χ2n) is 2.97. The lowest BCUT2D eigenvalue weighted by Gasteiger charge is -2.10.